The Morgan fingerprint density at radius 1 is 1.08 bits per heavy atom. The molecule has 1 amide bonds. The van der Waals surface area contributed by atoms with Crippen LogP contribution in [0.25, 0.3) is 11.0 Å². The molecule has 6 heteroatoms. The molecular formula is C18H16N4OS. The van der Waals surface area contributed by atoms with Crippen molar-refractivity contribution in [1.29, 1.82) is 0 Å². The standard InChI is InChI=1S/C18H16N4OS/c23-17-16(22-15-10-5-4-9-14(15)19-20-22)18(13-7-2-1-3-8-13)21(17)11-6-12-24-18/h1-5,7-10,16H,6,11-12H2/t16-,18+/m0/s1. The number of carbonyl (C=O) groups excluding carboxylic acids is 1. The lowest BCUT2D eigenvalue weighted by Gasteiger charge is -2.59. The first-order valence-electron chi connectivity index (χ1n) is 8.13. The summed E-state index contributed by atoms with van der Waals surface area (Å²) in [5.74, 6) is 1.18. The van der Waals surface area contributed by atoms with E-state index in [0.29, 0.717) is 0 Å². The van der Waals surface area contributed by atoms with Gasteiger partial charge in [0.15, 0.2) is 6.04 Å². The molecule has 24 heavy (non-hydrogen) atoms. The number of fused-ring (bicyclic) bond motifs is 2. The van der Waals surface area contributed by atoms with E-state index in [0.717, 1.165) is 29.8 Å². The normalized spacial score (nSPS) is 26.2. The number of aromatic nitrogens is 3. The Morgan fingerprint density at radius 2 is 1.88 bits per heavy atom. The second-order valence-corrected chi connectivity index (χ2v) is 7.50. The smallest absolute Gasteiger partial charge is 0.252 e. The van der Waals surface area contributed by atoms with E-state index in [1.807, 2.05) is 63.8 Å². The molecule has 0 radical (unpaired) electrons. The number of hydrogen-bond donors (Lipinski definition) is 0. The van der Waals surface area contributed by atoms with Crippen LogP contribution < -0.4 is 0 Å². The molecule has 3 aromatic rings. The molecule has 2 atom stereocenters. The minimum Gasteiger partial charge on any atom is -0.319 e. The van der Waals surface area contributed by atoms with Gasteiger partial charge in [0.2, 0.25) is 0 Å². The molecule has 0 aliphatic carbocycles. The summed E-state index contributed by atoms with van der Waals surface area (Å²) in [6.07, 6.45) is 1.04. The molecule has 2 aliphatic rings. The lowest BCUT2D eigenvalue weighted by Crippen LogP contribution is -2.68. The van der Waals surface area contributed by atoms with Crippen molar-refractivity contribution in [2.45, 2.75) is 17.3 Å². The second-order valence-electron chi connectivity index (χ2n) is 6.18. The van der Waals surface area contributed by atoms with Crippen molar-refractivity contribution in [3.8, 4) is 0 Å². The van der Waals surface area contributed by atoms with Gasteiger partial charge in [0, 0.05) is 6.54 Å². The van der Waals surface area contributed by atoms with E-state index in [2.05, 4.69) is 22.4 Å². The summed E-state index contributed by atoms with van der Waals surface area (Å²) in [5, 5.41) is 8.59. The van der Waals surface area contributed by atoms with Crippen LogP contribution in [0.2, 0.25) is 0 Å². The van der Waals surface area contributed by atoms with Crippen molar-refractivity contribution < 1.29 is 4.79 Å². The van der Waals surface area contributed by atoms with Crippen LogP contribution in [0.4, 0.5) is 0 Å². The number of β-lactam (4-membered cyclic amide) rings is 1. The largest absolute Gasteiger partial charge is 0.319 e. The topological polar surface area (TPSA) is 51.0 Å². The van der Waals surface area contributed by atoms with Crippen molar-refractivity contribution in [2.75, 3.05) is 12.3 Å². The zero-order valence-corrected chi connectivity index (χ0v) is 13.8. The average molecular weight is 336 g/mol. The molecule has 2 aliphatic heterocycles. The first-order chi connectivity index (χ1) is 11.8. The zero-order chi connectivity index (χ0) is 16.1. The second kappa shape index (κ2) is 5.08. The van der Waals surface area contributed by atoms with Crippen LogP contribution in [0.3, 0.4) is 0 Å². The van der Waals surface area contributed by atoms with Crippen LogP contribution in [0.15, 0.2) is 54.6 Å². The van der Waals surface area contributed by atoms with Gasteiger partial charge in [0.25, 0.3) is 5.91 Å². The average Bonchev–Trinajstić information content (AvgIpc) is 3.05. The first-order valence-corrected chi connectivity index (χ1v) is 9.12. The number of nitrogens with zero attached hydrogens (tertiary/aromatic N) is 4. The Balaban J connectivity index is 1.71. The van der Waals surface area contributed by atoms with Crippen molar-refractivity contribution in [2.24, 2.45) is 0 Å². The Kier molecular flexibility index (Phi) is 2.97. The molecule has 5 rings (SSSR count). The predicted octanol–water partition coefficient (Wildman–Crippen LogP) is 2.80. The van der Waals surface area contributed by atoms with E-state index in [4.69, 9.17) is 0 Å². The third-order valence-electron chi connectivity index (χ3n) is 4.93. The number of carbonyl (C=O) groups is 1. The minimum atomic E-state index is -0.368. The molecule has 2 aromatic carbocycles. The minimum absolute atomic E-state index is 0.140. The number of benzene rings is 2. The summed E-state index contributed by atoms with van der Waals surface area (Å²) in [5.41, 5.74) is 2.91. The summed E-state index contributed by atoms with van der Waals surface area (Å²) in [6, 6.07) is 17.8. The van der Waals surface area contributed by atoms with Crippen LogP contribution in [-0.2, 0) is 9.67 Å². The number of hydrogen-bond acceptors (Lipinski definition) is 4. The number of rotatable bonds is 2. The summed E-state index contributed by atoms with van der Waals surface area (Å²) in [7, 11) is 0. The van der Waals surface area contributed by atoms with E-state index in [1.165, 1.54) is 5.56 Å². The fourth-order valence-corrected chi connectivity index (χ4v) is 5.45. The highest BCUT2D eigenvalue weighted by Crippen LogP contribution is 2.58. The van der Waals surface area contributed by atoms with Gasteiger partial charge in [-0.15, -0.1) is 16.9 Å². The fourth-order valence-electron chi connectivity index (χ4n) is 3.87. The Labute approximate surface area is 143 Å². The van der Waals surface area contributed by atoms with Gasteiger partial charge < -0.3 is 4.90 Å². The highest BCUT2D eigenvalue weighted by molar-refractivity contribution is 8.00. The summed E-state index contributed by atoms with van der Waals surface area (Å²) >= 11 is 1.85. The third-order valence-corrected chi connectivity index (χ3v) is 6.54. The molecule has 0 bridgehead atoms. The quantitative estimate of drug-likeness (QED) is 0.675. The van der Waals surface area contributed by atoms with Crippen molar-refractivity contribution in [3.63, 3.8) is 0 Å². The van der Waals surface area contributed by atoms with Crippen LogP contribution >= 0.6 is 11.8 Å². The van der Waals surface area contributed by atoms with E-state index in [1.54, 1.807) is 0 Å². The summed E-state index contributed by atoms with van der Waals surface area (Å²) < 4.78 is 1.82. The van der Waals surface area contributed by atoms with Crippen LogP contribution in [0.5, 0.6) is 0 Å². The SMILES string of the molecule is O=C1[C@H](n2nnc3ccccc32)[C@@]2(c3ccccc3)SCCCN12. The van der Waals surface area contributed by atoms with Crippen LogP contribution in [0, 0.1) is 0 Å². The third kappa shape index (κ3) is 1.69. The number of amides is 1. The number of thioether (sulfide) groups is 1. The van der Waals surface area contributed by atoms with Gasteiger partial charge >= 0.3 is 0 Å². The maximum atomic E-state index is 12.9. The maximum Gasteiger partial charge on any atom is 0.252 e. The maximum absolute atomic E-state index is 12.9. The van der Waals surface area contributed by atoms with E-state index >= 15 is 0 Å². The molecule has 2 saturated heterocycles. The lowest BCUT2D eigenvalue weighted by molar-refractivity contribution is -0.160. The lowest BCUT2D eigenvalue weighted by atomic mass is 9.86. The highest BCUT2D eigenvalue weighted by Gasteiger charge is 2.64. The van der Waals surface area contributed by atoms with Gasteiger partial charge in [-0.2, -0.15) is 0 Å². The van der Waals surface area contributed by atoms with Gasteiger partial charge in [0.05, 0.1) is 5.52 Å². The molecular weight excluding hydrogens is 320 g/mol. The van der Waals surface area contributed by atoms with E-state index in [-0.39, 0.29) is 16.8 Å². The van der Waals surface area contributed by atoms with Crippen LogP contribution in [-0.4, -0.2) is 38.1 Å². The van der Waals surface area contributed by atoms with Crippen molar-refractivity contribution in [1.82, 2.24) is 19.9 Å². The molecule has 0 saturated carbocycles. The van der Waals surface area contributed by atoms with Gasteiger partial charge in [-0.05, 0) is 29.9 Å². The van der Waals surface area contributed by atoms with Gasteiger partial charge in [0.1, 0.15) is 10.4 Å². The Morgan fingerprint density at radius 3 is 2.75 bits per heavy atom. The van der Waals surface area contributed by atoms with Crippen molar-refractivity contribution in [3.05, 3.63) is 60.2 Å². The fraction of sp³-hybridized carbons (Fsp3) is 0.278. The molecule has 120 valence electrons. The molecule has 0 spiro atoms. The van der Waals surface area contributed by atoms with Gasteiger partial charge in [-0.1, -0.05) is 47.7 Å². The predicted molar refractivity (Wildman–Crippen MR) is 93.5 cm³/mol. The van der Waals surface area contributed by atoms with Gasteiger partial charge in [-0.3, -0.25) is 4.79 Å². The molecule has 2 fully saturated rings. The highest BCUT2D eigenvalue weighted by atomic mass is 32.2. The zero-order valence-electron chi connectivity index (χ0n) is 13.0. The Hall–Kier alpha value is -2.34. The van der Waals surface area contributed by atoms with E-state index in [9.17, 15) is 4.79 Å². The summed E-state index contributed by atoms with van der Waals surface area (Å²) in [4.78, 5) is 14.6. The molecule has 5 nitrogen and oxygen atoms in total. The number of para-hydroxylation sites is 1. The molecule has 0 N–H and O–H groups in total. The monoisotopic (exact) mass is 336 g/mol. The van der Waals surface area contributed by atoms with Crippen LogP contribution in [0.1, 0.15) is 18.0 Å². The first kappa shape index (κ1) is 14.0. The summed E-state index contributed by atoms with van der Waals surface area (Å²) in [6.45, 7) is 0.809. The molecule has 3 heterocycles. The molecule has 0 unspecified atom stereocenters. The van der Waals surface area contributed by atoms with Gasteiger partial charge in [-0.25, -0.2) is 4.68 Å². The molecule has 1 aromatic heterocycles. The Bertz CT molecular complexity index is 925. The van der Waals surface area contributed by atoms with Crippen molar-refractivity contribution >= 4 is 28.7 Å². The van der Waals surface area contributed by atoms with E-state index < -0.39 is 0 Å².